The lowest BCUT2D eigenvalue weighted by Crippen LogP contribution is -2.19. The second kappa shape index (κ2) is 5.40. The van der Waals surface area contributed by atoms with Crippen molar-refractivity contribution in [2.75, 3.05) is 13.2 Å². The topological polar surface area (TPSA) is 60.2 Å². The first-order valence-corrected chi connectivity index (χ1v) is 6.60. The summed E-state index contributed by atoms with van der Waals surface area (Å²) >= 11 is 0. The molecule has 19 heavy (non-hydrogen) atoms. The average Bonchev–Trinajstić information content (AvgIpc) is 2.93. The molecule has 1 aromatic carbocycles. The SMILES string of the molecule is CCNCc1noc(C2COc3ccccc3C2)n1. The van der Waals surface area contributed by atoms with Gasteiger partial charge in [-0.2, -0.15) is 4.98 Å². The monoisotopic (exact) mass is 259 g/mol. The highest BCUT2D eigenvalue weighted by molar-refractivity contribution is 5.36. The average molecular weight is 259 g/mol. The Labute approximate surface area is 112 Å². The van der Waals surface area contributed by atoms with Crippen molar-refractivity contribution in [2.45, 2.75) is 25.8 Å². The molecule has 2 aromatic rings. The van der Waals surface area contributed by atoms with E-state index in [0.717, 1.165) is 18.7 Å². The van der Waals surface area contributed by atoms with E-state index in [1.165, 1.54) is 5.56 Å². The normalized spacial score (nSPS) is 17.8. The van der Waals surface area contributed by atoms with E-state index in [4.69, 9.17) is 9.26 Å². The summed E-state index contributed by atoms with van der Waals surface area (Å²) in [5.41, 5.74) is 1.20. The quantitative estimate of drug-likeness (QED) is 0.908. The number of nitrogens with zero attached hydrogens (tertiary/aromatic N) is 2. The Balaban J connectivity index is 1.72. The number of fused-ring (bicyclic) bond motifs is 1. The van der Waals surface area contributed by atoms with Crippen molar-refractivity contribution in [3.63, 3.8) is 0 Å². The van der Waals surface area contributed by atoms with Gasteiger partial charge in [-0.15, -0.1) is 0 Å². The number of hydrogen-bond donors (Lipinski definition) is 1. The van der Waals surface area contributed by atoms with Gasteiger partial charge < -0.3 is 14.6 Å². The molecule has 0 amide bonds. The summed E-state index contributed by atoms with van der Waals surface area (Å²) in [5, 5.41) is 7.16. The minimum atomic E-state index is 0.151. The van der Waals surface area contributed by atoms with Gasteiger partial charge in [0.1, 0.15) is 12.4 Å². The molecule has 1 unspecified atom stereocenters. The van der Waals surface area contributed by atoms with Crippen LogP contribution in [0.25, 0.3) is 0 Å². The summed E-state index contributed by atoms with van der Waals surface area (Å²) in [6.45, 7) is 4.18. The minimum Gasteiger partial charge on any atom is -0.492 e. The first-order chi connectivity index (χ1) is 9.36. The number of benzene rings is 1. The molecule has 100 valence electrons. The molecule has 3 rings (SSSR count). The van der Waals surface area contributed by atoms with Crippen LogP contribution in [0.1, 0.15) is 30.1 Å². The molecule has 0 bridgehead atoms. The highest BCUT2D eigenvalue weighted by Crippen LogP contribution is 2.31. The summed E-state index contributed by atoms with van der Waals surface area (Å²) in [5.74, 6) is 2.49. The Bertz CT molecular complexity index is 553. The summed E-state index contributed by atoms with van der Waals surface area (Å²) in [4.78, 5) is 4.42. The predicted molar refractivity (Wildman–Crippen MR) is 70.1 cm³/mol. The summed E-state index contributed by atoms with van der Waals surface area (Å²) in [7, 11) is 0. The maximum absolute atomic E-state index is 5.74. The molecule has 1 aliphatic heterocycles. The third-order valence-corrected chi connectivity index (χ3v) is 3.25. The molecule has 0 saturated heterocycles. The zero-order chi connectivity index (χ0) is 13.1. The van der Waals surface area contributed by atoms with E-state index in [9.17, 15) is 0 Å². The number of hydrogen-bond acceptors (Lipinski definition) is 5. The van der Waals surface area contributed by atoms with Crippen LogP contribution >= 0.6 is 0 Å². The largest absolute Gasteiger partial charge is 0.492 e. The number of para-hydroxylation sites is 1. The number of rotatable bonds is 4. The fraction of sp³-hybridized carbons (Fsp3) is 0.429. The number of ether oxygens (including phenoxy) is 1. The van der Waals surface area contributed by atoms with Crippen molar-refractivity contribution >= 4 is 0 Å². The highest BCUT2D eigenvalue weighted by Gasteiger charge is 2.25. The third kappa shape index (κ3) is 2.61. The van der Waals surface area contributed by atoms with Gasteiger partial charge in [0.05, 0.1) is 12.5 Å². The highest BCUT2D eigenvalue weighted by atomic mass is 16.5. The lowest BCUT2D eigenvalue weighted by atomic mass is 9.97. The van der Waals surface area contributed by atoms with Crippen molar-refractivity contribution < 1.29 is 9.26 Å². The van der Waals surface area contributed by atoms with E-state index in [1.54, 1.807) is 0 Å². The zero-order valence-electron chi connectivity index (χ0n) is 10.9. The molecule has 0 spiro atoms. The number of aromatic nitrogens is 2. The smallest absolute Gasteiger partial charge is 0.233 e. The molecule has 5 heteroatoms. The van der Waals surface area contributed by atoms with E-state index in [1.807, 2.05) is 25.1 Å². The third-order valence-electron chi connectivity index (χ3n) is 3.25. The van der Waals surface area contributed by atoms with Gasteiger partial charge in [-0.1, -0.05) is 30.3 Å². The molecular formula is C14H17N3O2. The van der Waals surface area contributed by atoms with Crippen LogP contribution in [0.15, 0.2) is 28.8 Å². The lowest BCUT2D eigenvalue weighted by molar-refractivity contribution is 0.230. The van der Waals surface area contributed by atoms with E-state index in [-0.39, 0.29) is 5.92 Å². The van der Waals surface area contributed by atoms with Gasteiger partial charge in [-0.3, -0.25) is 0 Å². The first kappa shape index (κ1) is 12.2. The molecule has 0 fully saturated rings. The van der Waals surface area contributed by atoms with Gasteiger partial charge in [-0.25, -0.2) is 0 Å². The Kier molecular flexibility index (Phi) is 3.46. The van der Waals surface area contributed by atoms with Crippen LogP contribution in [-0.2, 0) is 13.0 Å². The van der Waals surface area contributed by atoms with Crippen LogP contribution in [0.5, 0.6) is 5.75 Å². The van der Waals surface area contributed by atoms with Crippen LogP contribution in [0.3, 0.4) is 0 Å². The maximum Gasteiger partial charge on any atom is 0.233 e. The van der Waals surface area contributed by atoms with Crippen LogP contribution in [-0.4, -0.2) is 23.3 Å². The van der Waals surface area contributed by atoms with Gasteiger partial charge in [0.2, 0.25) is 5.89 Å². The van der Waals surface area contributed by atoms with Crippen molar-refractivity contribution in [1.29, 1.82) is 0 Å². The van der Waals surface area contributed by atoms with Gasteiger partial charge in [-0.05, 0) is 24.6 Å². The molecule has 2 heterocycles. The Hall–Kier alpha value is -1.88. The molecule has 0 radical (unpaired) electrons. The molecule has 1 aromatic heterocycles. The zero-order valence-corrected chi connectivity index (χ0v) is 10.9. The second-order valence-electron chi connectivity index (χ2n) is 4.65. The summed E-state index contributed by atoms with van der Waals surface area (Å²) < 4.78 is 11.1. The van der Waals surface area contributed by atoms with Crippen LogP contribution in [0.4, 0.5) is 0 Å². The molecule has 1 aliphatic rings. The summed E-state index contributed by atoms with van der Waals surface area (Å²) in [6.07, 6.45) is 0.888. The molecule has 5 nitrogen and oxygen atoms in total. The van der Waals surface area contributed by atoms with E-state index in [0.29, 0.717) is 24.9 Å². The summed E-state index contributed by atoms with van der Waals surface area (Å²) in [6, 6.07) is 8.09. The van der Waals surface area contributed by atoms with Crippen molar-refractivity contribution in [3.8, 4) is 5.75 Å². The predicted octanol–water partition coefficient (Wildman–Crippen LogP) is 1.90. The maximum atomic E-state index is 5.74. The van der Waals surface area contributed by atoms with E-state index in [2.05, 4.69) is 21.5 Å². The molecule has 1 N–H and O–H groups in total. The van der Waals surface area contributed by atoms with Crippen molar-refractivity contribution in [1.82, 2.24) is 15.5 Å². The molecule has 0 aliphatic carbocycles. The Morgan fingerprint density at radius 3 is 3.16 bits per heavy atom. The van der Waals surface area contributed by atoms with Crippen molar-refractivity contribution in [2.24, 2.45) is 0 Å². The fourth-order valence-electron chi connectivity index (χ4n) is 2.23. The van der Waals surface area contributed by atoms with Crippen molar-refractivity contribution in [3.05, 3.63) is 41.5 Å². The van der Waals surface area contributed by atoms with Crippen LogP contribution in [0.2, 0.25) is 0 Å². The minimum absolute atomic E-state index is 0.151. The van der Waals surface area contributed by atoms with Crippen LogP contribution in [0, 0.1) is 0 Å². The molecule has 1 atom stereocenters. The molecular weight excluding hydrogens is 242 g/mol. The van der Waals surface area contributed by atoms with Gasteiger partial charge >= 0.3 is 0 Å². The van der Waals surface area contributed by atoms with Gasteiger partial charge in [0, 0.05) is 0 Å². The number of nitrogens with one attached hydrogen (secondary N) is 1. The Morgan fingerprint density at radius 1 is 1.37 bits per heavy atom. The first-order valence-electron chi connectivity index (χ1n) is 6.60. The molecule has 0 saturated carbocycles. The lowest BCUT2D eigenvalue weighted by Gasteiger charge is -2.22. The van der Waals surface area contributed by atoms with E-state index < -0.39 is 0 Å². The fourth-order valence-corrected chi connectivity index (χ4v) is 2.23. The second-order valence-corrected chi connectivity index (χ2v) is 4.65. The van der Waals surface area contributed by atoms with Gasteiger partial charge in [0.15, 0.2) is 5.82 Å². The standard InChI is InChI=1S/C14H17N3O2/c1-2-15-8-13-16-14(19-17-13)11-7-10-5-3-4-6-12(10)18-9-11/h3-6,11,15H,2,7-9H2,1H3. The Morgan fingerprint density at radius 2 is 2.26 bits per heavy atom. The van der Waals surface area contributed by atoms with Crippen LogP contribution < -0.4 is 10.1 Å². The van der Waals surface area contributed by atoms with Gasteiger partial charge in [0.25, 0.3) is 0 Å². The van der Waals surface area contributed by atoms with E-state index >= 15 is 0 Å².